The Morgan fingerprint density at radius 3 is 2.43 bits per heavy atom. The Labute approximate surface area is 222 Å². The number of aromatic hydroxyl groups is 1. The maximum Gasteiger partial charge on any atom is 0.298 e. The second kappa shape index (κ2) is 10.3. The van der Waals surface area contributed by atoms with E-state index < -0.39 is 26.7 Å². The van der Waals surface area contributed by atoms with Crippen molar-refractivity contribution in [3.63, 3.8) is 0 Å². The maximum atomic E-state index is 13.1. The number of fused-ring (bicyclic) bond motifs is 1. The number of azo groups is 1. The lowest BCUT2D eigenvalue weighted by Crippen LogP contribution is -2.12. The van der Waals surface area contributed by atoms with Crippen molar-refractivity contribution >= 4 is 67.1 Å². The molecule has 12 heteroatoms. The number of phenols is 1. The first-order valence-electron chi connectivity index (χ1n) is 10.6. The van der Waals surface area contributed by atoms with Gasteiger partial charge in [0.15, 0.2) is 5.75 Å². The second-order valence-electron chi connectivity index (χ2n) is 7.92. The van der Waals surface area contributed by atoms with E-state index in [-0.39, 0.29) is 22.0 Å². The van der Waals surface area contributed by atoms with Crippen LogP contribution in [0.15, 0.2) is 75.8 Å². The molecule has 1 amide bonds. The molecule has 4 aromatic rings. The third kappa shape index (κ3) is 5.52. The van der Waals surface area contributed by atoms with E-state index >= 15 is 0 Å². The maximum absolute atomic E-state index is 13.1. The Hall–Kier alpha value is -3.70. The normalized spacial score (nSPS) is 11.7. The van der Waals surface area contributed by atoms with Gasteiger partial charge in [-0.1, -0.05) is 47.5 Å². The lowest BCUT2D eigenvalue weighted by Gasteiger charge is -2.12. The molecule has 0 spiro atoms. The molecule has 37 heavy (non-hydrogen) atoms. The van der Waals surface area contributed by atoms with Gasteiger partial charge in [0.1, 0.15) is 22.0 Å². The lowest BCUT2D eigenvalue weighted by atomic mass is 10.0. The van der Waals surface area contributed by atoms with Gasteiger partial charge in [-0.3, -0.25) is 9.35 Å². The van der Waals surface area contributed by atoms with Crippen LogP contribution in [0.5, 0.6) is 11.5 Å². The fraction of sp³-hybridized carbons (Fsp3) is 0.0800. The van der Waals surface area contributed by atoms with Crippen LogP contribution in [-0.2, 0) is 10.1 Å². The summed E-state index contributed by atoms with van der Waals surface area (Å²) in [7, 11) is -3.30. The number of nitrogens with zero attached hydrogens (tertiary/aromatic N) is 2. The number of ether oxygens (including phenoxy) is 1. The third-order valence-electron chi connectivity index (χ3n) is 5.33. The number of methoxy groups -OCH3 is 1. The molecule has 0 radical (unpaired) electrons. The zero-order valence-corrected chi connectivity index (χ0v) is 21.7. The molecule has 0 unspecified atom stereocenters. The average molecular weight is 560 g/mol. The standard InChI is InChI=1S/C25H19Cl2N3O6S/c1-13-9-19(27)24(37(33,34)35)20(10-13)29-30-22-16-6-4-3-5-14(16)11-17(23(22)31)25(32)28-15-7-8-18(26)21(12-15)36-2/h3-12,31H,1-2H3,(H,28,32)(H,33,34,35). The van der Waals surface area contributed by atoms with Crippen molar-refractivity contribution in [2.45, 2.75) is 11.8 Å². The third-order valence-corrected chi connectivity index (χ3v) is 7.00. The van der Waals surface area contributed by atoms with E-state index in [1.807, 2.05) is 0 Å². The molecule has 0 aromatic heterocycles. The van der Waals surface area contributed by atoms with Crippen molar-refractivity contribution in [1.29, 1.82) is 0 Å². The molecule has 9 nitrogen and oxygen atoms in total. The minimum atomic E-state index is -4.73. The molecule has 4 aromatic carbocycles. The molecule has 0 saturated heterocycles. The smallest absolute Gasteiger partial charge is 0.298 e. The zero-order chi connectivity index (χ0) is 26.9. The number of aryl methyl sites for hydroxylation is 1. The number of carbonyl (C=O) groups excluding carboxylic acids is 1. The van der Waals surface area contributed by atoms with Crippen molar-refractivity contribution < 1.29 is 27.6 Å². The summed E-state index contributed by atoms with van der Waals surface area (Å²) in [5.74, 6) is -0.794. The molecular weight excluding hydrogens is 541 g/mol. The number of phenolic OH excluding ortho intramolecular Hbond substituents is 1. The molecule has 0 heterocycles. The Morgan fingerprint density at radius 2 is 1.73 bits per heavy atom. The SMILES string of the molecule is COc1cc(NC(=O)c2cc3ccccc3c(N=Nc3cc(C)cc(Cl)c3S(=O)(=O)O)c2O)ccc1Cl. The van der Waals surface area contributed by atoms with Crippen LogP contribution in [-0.4, -0.2) is 31.1 Å². The first-order chi connectivity index (χ1) is 17.5. The van der Waals surface area contributed by atoms with Crippen molar-refractivity contribution in [2.75, 3.05) is 12.4 Å². The van der Waals surface area contributed by atoms with Gasteiger partial charge in [-0.2, -0.15) is 8.42 Å². The van der Waals surface area contributed by atoms with Crippen molar-refractivity contribution in [1.82, 2.24) is 0 Å². The highest BCUT2D eigenvalue weighted by Crippen LogP contribution is 2.41. The monoisotopic (exact) mass is 559 g/mol. The predicted octanol–water partition coefficient (Wildman–Crippen LogP) is 7.08. The van der Waals surface area contributed by atoms with Crippen LogP contribution < -0.4 is 10.1 Å². The largest absolute Gasteiger partial charge is 0.505 e. The second-order valence-corrected chi connectivity index (χ2v) is 10.1. The van der Waals surface area contributed by atoms with Crippen LogP contribution in [0.1, 0.15) is 15.9 Å². The van der Waals surface area contributed by atoms with Crippen molar-refractivity contribution in [3.8, 4) is 11.5 Å². The molecule has 0 aliphatic rings. The highest BCUT2D eigenvalue weighted by atomic mass is 35.5. The number of hydrogen-bond donors (Lipinski definition) is 3. The summed E-state index contributed by atoms with van der Waals surface area (Å²) in [6, 6.07) is 15.7. The van der Waals surface area contributed by atoms with Gasteiger partial charge in [-0.05, 0) is 48.2 Å². The number of rotatable bonds is 6. The van der Waals surface area contributed by atoms with Crippen LogP contribution in [0.4, 0.5) is 17.1 Å². The fourth-order valence-electron chi connectivity index (χ4n) is 3.67. The Balaban J connectivity index is 1.83. The number of nitrogens with one attached hydrogen (secondary N) is 1. The van der Waals surface area contributed by atoms with Gasteiger partial charge >= 0.3 is 0 Å². The number of hydrogen-bond acceptors (Lipinski definition) is 7. The van der Waals surface area contributed by atoms with E-state index in [1.165, 1.54) is 31.4 Å². The van der Waals surface area contributed by atoms with Gasteiger partial charge in [0.25, 0.3) is 16.0 Å². The zero-order valence-electron chi connectivity index (χ0n) is 19.4. The molecule has 4 rings (SSSR count). The summed E-state index contributed by atoms with van der Waals surface area (Å²) in [5.41, 5.74) is 0.495. The summed E-state index contributed by atoms with van der Waals surface area (Å²) in [6.07, 6.45) is 0. The van der Waals surface area contributed by atoms with Crippen LogP contribution in [0.25, 0.3) is 10.8 Å². The minimum absolute atomic E-state index is 0.0872. The summed E-state index contributed by atoms with van der Waals surface area (Å²) in [5, 5.41) is 22.9. The molecule has 0 bridgehead atoms. The molecule has 0 aliphatic carbocycles. The molecule has 0 saturated carbocycles. The number of halogens is 2. The topological polar surface area (TPSA) is 138 Å². The summed E-state index contributed by atoms with van der Waals surface area (Å²) in [6.45, 7) is 1.66. The molecule has 0 fully saturated rings. The lowest BCUT2D eigenvalue weighted by molar-refractivity contribution is 0.102. The number of anilines is 1. The van der Waals surface area contributed by atoms with Gasteiger partial charge in [-0.15, -0.1) is 10.2 Å². The quantitative estimate of drug-likeness (QED) is 0.170. The fourth-order valence-corrected chi connectivity index (χ4v) is 5.10. The first-order valence-corrected chi connectivity index (χ1v) is 12.8. The average Bonchev–Trinajstić information content (AvgIpc) is 2.82. The summed E-state index contributed by atoms with van der Waals surface area (Å²) < 4.78 is 38.6. The highest BCUT2D eigenvalue weighted by molar-refractivity contribution is 7.86. The van der Waals surface area contributed by atoms with Crippen LogP contribution >= 0.6 is 23.2 Å². The highest BCUT2D eigenvalue weighted by Gasteiger charge is 2.22. The molecule has 3 N–H and O–H groups in total. The van der Waals surface area contributed by atoms with Crippen molar-refractivity contribution in [2.24, 2.45) is 10.2 Å². The Kier molecular flexibility index (Phi) is 7.37. The van der Waals surface area contributed by atoms with Gasteiger partial charge in [-0.25, -0.2) is 0 Å². The summed E-state index contributed by atoms with van der Waals surface area (Å²) in [4.78, 5) is 12.5. The minimum Gasteiger partial charge on any atom is -0.505 e. The Bertz CT molecular complexity index is 1690. The molecule has 0 atom stereocenters. The Morgan fingerprint density at radius 1 is 1.00 bits per heavy atom. The van der Waals surface area contributed by atoms with Gasteiger partial charge < -0.3 is 15.2 Å². The van der Waals surface area contributed by atoms with E-state index in [4.69, 9.17) is 27.9 Å². The van der Waals surface area contributed by atoms with Gasteiger partial charge in [0, 0.05) is 17.1 Å². The molecular formula is C25H19Cl2N3O6S. The van der Waals surface area contributed by atoms with Gasteiger partial charge in [0.05, 0.1) is 22.7 Å². The van der Waals surface area contributed by atoms with E-state index in [1.54, 1.807) is 43.3 Å². The number of amides is 1. The molecule has 190 valence electrons. The summed E-state index contributed by atoms with van der Waals surface area (Å²) >= 11 is 12.1. The van der Waals surface area contributed by atoms with Crippen LogP contribution in [0, 0.1) is 6.92 Å². The van der Waals surface area contributed by atoms with Crippen molar-refractivity contribution in [3.05, 3.63) is 81.8 Å². The number of benzene rings is 4. The van der Waals surface area contributed by atoms with E-state index in [0.29, 0.717) is 32.8 Å². The van der Waals surface area contributed by atoms with Crippen LogP contribution in [0.2, 0.25) is 10.0 Å². The number of carbonyl (C=O) groups is 1. The van der Waals surface area contributed by atoms with E-state index in [9.17, 15) is 22.9 Å². The first kappa shape index (κ1) is 26.4. The van der Waals surface area contributed by atoms with E-state index in [0.717, 1.165) is 0 Å². The van der Waals surface area contributed by atoms with Gasteiger partial charge in [0.2, 0.25) is 0 Å². The van der Waals surface area contributed by atoms with E-state index in [2.05, 4.69) is 15.5 Å². The predicted molar refractivity (Wildman–Crippen MR) is 142 cm³/mol. The molecule has 0 aliphatic heterocycles. The van der Waals surface area contributed by atoms with Crippen LogP contribution in [0.3, 0.4) is 0 Å².